The first-order valence-electron chi connectivity index (χ1n) is 4.17. The Morgan fingerprint density at radius 1 is 1.31 bits per heavy atom. The molecular weight excluding hydrogens is 194 g/mol. The molecule has 1 N–H and O–H groups in total. The third-order valence-electron chi connectivity index (χ3n) is 1.32. The summed E-state index contributed by atoms with van der Waals surface area (Å²) in [5.41, 5.74) is 0. The number of hydrogen-bond donors (Lipinski definition) is 1. The average Bonchev–Trinajstić information content (AvgIpc) is 2.09. The molecule has 0 saturated carbocycles. The summed E-state index contributed by atoms with van der Waals surface area (Å²) in [5, 5.41) is 0. The number of methoxy groups -OCH3 is 1. The average molecular weight is 210 g/mol. The van der Waals surface area contributed by atoms with Crippen molar-refractivity contribution in [1.82, 2.24) is 4.72 Å². The van der Waals surface area contributed by atoms with Gasteiger partial charge in [0.05, 0.1) is 0 Å². The van der Waals surface area contributed by atoms with Crippen LogP contribution in [0.2, 0.25) is 0 Å². The normalized spacial score (nSPS) is 13.1. The zero-order valence-corrected chi connectivity index (χ0v) is 8.60. The molecule has 0 fully saturated rings. The number of rotatable bonds is 9. The molecule has 0 spiro atoms. The van der Waals surface area contributed by atoms with Crippen LogP contribution in [-0.4, -0.2) is 42.2 Å². The van der Waals surface area contributed by atoms with Crippen LogP contribution in [0.4, 0.5) is 0 Å². The maximum atomic E-state index is 10.0. The molecular formula is C7H16NO4S-. The van der Waals surface area contributed by atoms with Crippen molar-refractivity contribution in [2.75, 3.05) is 33.5 Å². The number of nitrogens with one attached hydrogen (secondary N) is 1. The molecule has 0 aliphatic carbocycles. The summed E-state index contributed by atoms with van der Waals surface area (Å²) in [4.78, 5) is 0. The van der Waals surface area contributed by atoms with Crippen LogP contribution in [0.5, 0.6) is 0 Å². The Morgan fingerprint density at radius 2 is 2.00 bits per heavy atom. The second-order valence-electron chi connectivity index (χ2n) is 2.44. The van der Waals surface area contributed by atoms with Crippen molar-refractivity contribution < 1.29 is 18.2 Å². The molecule has 0 aliphatic rings. The minimum absolute atomic E-state index is 0.431. The highest BCUT2D eigenvalue weighted by atomic mass is 32.2. The van der Waals surface area contributed by atoms with Crippen LogP contribution in [0.1, 0.15) is 12.8 Å². The highest BCUT2D eigenvalue weighted by molar-refractivity contribution is 7.77. The lowest BCUT2D eigenvalue weighted by atomic mass is 10.4. The van der Waals surface area contributed by atoms with Crippen molar-refractivity contribution in [3.05, 3.63) is 0 Å². The van der Waals surface area contributed by atoms with E-state index in [4.69, 9.17) is 9.47 Å². The van der Waals surface area contributed by atoms with Gasteiger partial charge in [-0.15, -0.1) is 0 Å². The molecule has 0 saturated heterocycles. The first kappa shape index (κ1) is 13.0. The molecule has 0 heterocycles. The molecule has 0 aromatic heterocycles. The molecule has 0 aromatic rings. The fourth-order valence-corrected chi connectivity index (χ4v) is 1.05. The molecule has 13 heavy (non-hydrogen) atoms. The molecule has 0 amide bonds. The van der Waals surface area contributed by atoms with Gasteiger partial charge in [-0.3, -0.25) is 4.21 Å². The largest absolute Gasteiger partial charge is 0.760 e. The van der Waals surface area contributed by atoms with Crippen LogP contribution < -0.4 is 4.72 Å². The third kappa shape index (κ3) is 12.0. The Bertz CT molecular complexity index is 134. The first-order valence-corrected chi connectivity index (χ1v) is 5.24. The predicted molar refractivity (Wildman–Crippen MR) is 48.9 cm³/mol. The monoisotopic (exact) mass is 210 g/mol. The molecule has 1 atom stereocenters. The van der Waals surface area contributed by atoms with Gasteiger partial charge in [-0.25, -0.2) is 4.72 Å². The Labute approximate surface area is 81.2 Å². The van der Waals surface area contributed by atoms with Gasteiger partial charge in [-0.1, -0.05) is 0 Å². The van der Waals surface area contributed by atoms with E-state index in [-0.39, 0.29) is 0 Å². The van der Waals surface area contributed by atoms with Gasteiger partial charge in [0.1, 0.15) is 0 Å². The van der Waals surface area contributed by atoms with Gasteiger partial charge in [0.2, 0.25) is 0 Å². The Balaban J connectivity index is 2.87. The summed E-state index contributed by atoms with van der Waals surface area (Å²) in [6.07, 6.45) is 1.57. The van der Waals surface area contributed by atoms with E-state index in [0.29, 0.717) is 32.8 Å². The fourth-order valence-electron chi connectivity index (χ4n) is 0.737. The van der Waals surface area contributed by atoms with E-state index in [9.17, 15) is 8.76 Å². The zero-order valence-electron chi connectivity index (χ0n) is 7.78. The van der Waals surface area contributed by atoms with Gasteiger partial charge in [0.25, 0.3) is 0 Å². The lowest BCUT2D eigenvalue weighted by molar-refractivity contribution is 0.102. The van der Waals surface area contributed by atoms with E-state index in [1.807, 2.05) is 0 Å². The Kier molecular flexibility index (Phi) is 10.1. The summed E-state index contributed by atoms with van der Waals surface area (Å²) < 4.78 is 32.3. The lowest BCUT2D eigenvalue weighted by Crippen LogP contribution is -2.19. The van der Waals surface area contributed by atoms with E-state index in [1.54, 1.807) is 7.11 Å². The molecule has 0 aromatic carbocycles. The van der Waals surface area contributed by atoms with Crippen LogP contribution in [0.15, 0.2) is 0 Å². The first-order chi connectivity index (χ1) is 6.27. The minimum atomic E-state index is -2.15. The Morgan fingerprint density at radius 3 is 2.62 bits per heavy atom. The number of ether oxygens (including phenoxy) is 2. The molecule has 0 aliphatic heterocycles. The van der Waals surface area contributed by atoms with Gasteiger partial charge < -0.3 is 14.0 Å². The molecule has 1 unspecified atom stereocenters. The van der Waals surface area contributed by atoms with Crippen molar-refractivity contribution >= 4 is 11.3 Å². The van der Waals surface area contributed by atoms with E-state index in [1.165, 1.54) is 0 Å². The summed E-state index contributed by atoms with van der Waals surface area (Å²) >= 11 is -2.15. The van der Waals surface area contributed by atoms with Gasteiger partial charge in [-0.2, -0.15) is 0 Å². The smallest absolute Gasteiger partial charge is 0.0487 e. The second kappa shape index (κ2) is 10.1. The van der Waals surface area contributed by atoms with E-state index >= 15 is 0 Å². The second-order valence-corrected chi connectivity index (χ2v) is 3.20. The van der Waals surface area contributed by atoms with Crippen molar-refractivity contribution in [2.45, 2.75) is 12.8 Å². The minimum Gasteiger partial charge on any atom is -0.760 e. The molecule has 80 valence electrons. The van der Waals surface area contributed by atoms with Crippen molar-refractivity contribution in [2.24, 2.45) is 0 Å². The lowest BCUT2D eigenvalue weighted by Gasteiger charge is -2.07. The predicted octanol–water partition coefficient (Wildman–Crippen LogP) is -0.187. The van der Waals surface area contributed by atoms with Crippen LogP contribution in [-0.2, 0) is 20.7 Å². The highest BCUT2D eigenvalue weighted by Crippen LogP contribution is 1.86. The fraction of sp³-hybridized carbons (Fsp3) is 1.00. The van der Waals surface area contributed by atoms with Gasteiger partial charge in [-0.05, 0) is 12.8 Å². The summed E-state index contributed by atoms with van der Waals surface area (Å²) in [6, 6.07) is 0. The zero-order chi connectivity index (χ0) is 9.94. The van der Waals surface area contributed by atoms with Crippen molar-refractivity contribution in [3.63, 3.8) is 0 Å². The topological polar surface area (TPSA) is 70.6 Å². The quantitative estimate of drug-likeness (QED) is 0.423. The molecule has 0 rings (SSSR count). The molecule has 0 radical (unpaired) electrons. The van der Waals surface area contributed by atoms with E-state index < -0.39 is 11.3 Å². The van der Waals surface area contributed by atoms with Crippen LogP contribution in [0.3, 0.4) is 0 Å². The molecule has 5 nitrogen and oxygen atoms in total. The highest BCUT2D eigenvalue weighted by Gasteiger charge is 1.89. The summed E-state index contributed by atoms with van der Waals surface area (Å²) in [7, 11) is 1.65. The van der Waals surface area contributed by atoms with Crippen molar-refractivity contribution in [1.29, 1.82) is 0 Å². The summed E-state index contributed by atoms with van der Waals surface area (Å²) in [5.74, 6) is 0. The van der Waals surface area contributed by atoms with Crippen LogP contribution in [0, 0.1) is 0 Å². The standard InChI is InChI=1S/C7H17NO4S/c1-11-5-3-7-12-6-2-4-8-13(9)10/h8H,2-7H2,1H3,(H,9,10)/p-1. The molecule has 6 heteroatoms. The maximum absolute atomic E-state index is 10.0. The SMILES string of the molecule is COCCCOCCCNS(=O)[O-]. The van der Waals surface area contributed by atoms with E-state index in [2.05, 4.69) is 4.72 Å². The summed E-state index contributed by atoms with van der Waals surface area (Å²) in [6.45, 7) is 2.37. The van der Waals surface area contributed by atoms with Crippen molar-refractivity contribution in [3.8, 4) is 0 Å². The molecule has 0 bridgehead atoms. The Hall–Kier alpha value is -0.0100. The third-order valence-corrected chi connectivity index (χ3v) is 1.76. The van der Waals surface area contributed by atoms with Gasteiger partial charge in [0.15, 0.2) is 0 Å². The van der Waals surface area contributed by atoms with E-state index in [0.717, 1.165) is 6.42 Å². The van der Waals surface area contributed by atoms with Crippen LogP contribution >= 0.6 is 0 Å². The van der Waals surface area contributed by atoms with Gasteiger partial charge in [0, 0.05) is 44.7 Å². The van der Waals surface area contributed by atoms with Crippen LogP contribution in [0.25, 0.3) is 0 Å². The number of hydrogen-bond acceptors (Lipinski definition) is 4. The maximum Gasteiger partial charge on any atom is 0.0487 e. The van der Waals surface area contributed by atoms with Gasteiger partial charge >= 0.3 is 0 Å².